The molecule has 0 fully saturated rings. The van der Waals surface area contributed by atoms with Gasteiger partial charge >= 0.3 is 0 Å². The van der Waals surface area contributed by atoms with Crippen molar-refractivity contribution in [3.05, 3.63) is 130 Å². The number of hydrogen-bond donors (Lipinski definition) is 1. The molecule has 0 saturated carbocycles. The Morgan fingerprint density at radius 2 is 1.49 bits per heavy atom. The van der Waals surface area contributed by atoms with E-state index in [1.807, 2.05) is 37.3 Å². The molecule has 1 N–H and O–H groups in total. The number of carbonyl (C=O) groups excluding carboxylic acids is 2. The van der Waals surface area contributed by atoms with Gasteiger partial charge in [0.1, 0.15) is 12.6 Å². The van der Waals surface area contributed by atoms with Crippen molar-refractivity contribution in [2.75, 3.05) is 17.4 Å². The molecule has 7 nitrogen and oxygen atoms in total. The second kappa shape index (κ2) is 15.0. The van der Waals surface area contributed by atoms with Crippen LogP contribution in [0.15, 0.2) is 114 Å². The summed E-state index contributed by atoms with van der Waals surface area (Å²) in [4.78, 5) is 29.5. The maximum Gasteiger partial charge on any atom is 0.264 e. The van der Waals surface area contributed by atoms with Crippen LogP contribution in [-0.4, -0.2) is 44.3 Å². The van der Waals surface area contributed by atoms with Crippen molar-refractivity contribution in [3.8, 4) is 0 Å². The molecule has 0 spiro atoms. The Balaban J connectivity index is 1.80. The molecular weight excluding hydrogens is 605 g/mol. The lowest BCUT2D eigenvalue weighted by atomic mass is 10.0. The highest BCUT2D eigenvalue weighted by molar-refractivity contribution is 7.92. The minimum atomic E-state index is -4.20. The van der Waals surface area contributed by atoms with E-state index in [4.69, 9.17) is 23.2 Å². The largest absolute Gasteiger partial charge is 0.354 e. The van der Waals surface area contributed by atoms with E-state index in [1.165, 1.54) is 23.1 Å². The Morgan fingerprint density at radius 1 is 0.837 bits per heavy atom. The van der Waals surface area contributed by atoms with Crippen molar-refractivity contribution in [1.29, 1.82) is 0 Å². The Morgan fingerprint density at radius 3 is 2.14 bits per heavy atom. The number of anilines is 1. The lowest BCUT2D eigenvalue weighted by Gasteiger charge is -2.34. The Hall–Kier alpha value is -3.85. The zero-order chi connectivity index (χ0) is 30.8. The number of sulfonamides is 1. The summed E-state index contributed by atoms with van der Waals surface area (Å²) in [6.07, 6.45) is 0.926. The van der Waals surface area contributed by atoms with Gasteiger partial charge in [0.15, 0.2) is 0 Å². The molecule has 1 atom stereocenters. The summed E-state index contributed by atoms with van der Waals surface area (Å²) >= 11 is 12.8. The second-order valence-corrected chi connectivity index (χ2v) is 12.6. The van der Waals surface area contributed by atoms with Crippen LogP contribution in [0.5, 0.6) is 0 Å². The van der Waals surface area contributed by atoms with E-state index in [-0.39, 0.29) is 29.5 Å². The van der Waals surface area contributed by atoms with E-state index in [1.54, 1.807) is 60.7 Å². The summed E-state index contributed by atoms with van der Waals surface area (Å²) in [5.41, 5.74) is 1.69. The third-order valence-corrected chi connectivity index (χ3v) is 9.22. The summed E-state index contributed by atoms with van der Waals surface area (Å²) < 4.78 is 29.0. The fourth-order valence-electron chi connectivity index (χ4n) is 4.61. The molecule has 0 unspecified atom stereocenters. The number of amides is 2. The first-order valence-electron chi connectivity index (χ1n) is 13.9. The molecule has 0 aromatic heterocycles. The van der Waals surface area contributed by atoms with Gasteiger partial charge in [0, 0.05) is 29.6 Å². The molecule has 4 aromatic rings. The molecule has 0 saturated heterocycles. The molecule has 2 amide bonds. The van der Waals surface area contributed by atoms with Gasteiger partial charge < -0.3 is 10.2 Å². The molecule has 0 heterocycles. The number of benzene rings is 4. The fraction of sp³-hybridized carbons (Fsp3) is 0.212. The smallest absolute Gasteiger partial charge is 0.264 e. The topological polar surface area (TPSA) is 86.8 Å². The van der Waals surface area contributed by atoms with E-state index < -0.39 is 28.5 Å². The van der Waals surface area contributed by atoms with Crippen molar-refractivity contribution in [2.45, 2.75) is 37.2 Å². The first-order valence-corrected chi connectivity index (χ1v) is 16.1. The van der Waals surface area contributed by atoms with Crippen molar-refractivity contribution in [2.24, 2.45) is 0 Å². The molecule has 224 valence electrons. The van der Waals surface area contributed by atoms with E-state index in [0.717, 1.165) is 9.87 Å². The van der Waals surface area contributed by atoms with Gasteiger partial charge in [-0.05, 0) is 53.9 Å². The zero-order valence-electron chi connectivity index (χ0n) is 23.7. The van der Waals surface area contributed by atoms with Gasteiger partial charge in [0.05, 0.1) is 10.6 Å². The van der Waals surface area contributed by atoms with Gasteiger partial charge in [-0.3, -0.25) is 13.9 Å². The molecular formula is C33H33Cl2N3O4S. The van der Waals surface area contributed by atoms with Gasteiger partial charge in [0.25, 0.3) is 10.0 Å². The van der Waals surface area contributed by atoms with E-state index >= 15 is 0 Å². The Bertz CT molecular complexity index is 1640. The van der Waals surface area contributed by atoms with Crippen molar-refractivity contribution in [3.63, 3.8) is 0 Å². The van der Waals surface area contributed by atoms with Crippen LogP contribution in [-0.2, 0) is 32.6 Å². The predicted octanol–water partition coefficient (Wildman–Crippen LogP) is 6.36. The molecule has 0 bridgehead atoms. The van der Waals surface area contributed by atoms with Crippen LogP contribution < -0.4 is 9.62 Å². The van der Waals surface area contributed by atoms with Crippen molar-refractivity contribution < 1.29 is 18.0 Å². The van der Waals surface area contributed by atoms with Gasteiger partial charge in [-0.1, -0.05) is 103 Å². The lowest BCUT2D eigenvalue weighted by molar-refractivity contribution is -0.140. The summed E-state index contributed by atoms with van der Waals surface area (Å²) in [6, 6.07) is 29.7. The van der Waals surface area contributed by atoms with Crippen LogP contribution in [0, 0.1) is 0 Å². The van der Waals surface area contributed by atoms with Gasteiger partial charge in [-0.15, -0.1) is 0 Å². The number of hydrogen-bond acceptors (Lipinski definition) is 4. The monoisotopic (exact) mass is 637 g/mol. The molecule has 0 radical (unpaired) electrons. The molecule has 4 aromatic carbocycles. The summed E-state index contributed by atoms with van der Waals surface area (Å²) in [5.74, 6) is -0.918. The van der Waals surface area contributed by atoms with Crippen LogP contribution in [0.4, 0.5) is 5.69 Å². The van der Waals surface area contributed by atoms with E-state index in [2.05, 4.69) is 5.32 Å². The average molecular weight is 639 g/mol. The summed E-state index contributed by atoms with van der Waals surface area (Å²) in [7, 11) is -4.20. The Labute approximate surface area is 263 Å². The summed E-state index contributed by atoms with van der Waals surface area (Å²) in [6.45, 7) is 1.78. The third-order valence-electron chi connectivity index (χ3n) is 6.83. The minimum Gasteiger partial charge on any atom is -0.354 e. The van der Waals surface area contributed by atoms with Crippen LogP contribution in [0.2, 0.25) is 10.0 Å². The second-order valence-electron chi connectivity index (χ2n) is 9.91. The lowest BCUT2D eigenvalue weighted by Crippen LogP contribution is -2.53. The van der Waals surface area contributed by atoms with Gasteiger partial charge in [0.2, 0.25) is 11.8 Å². The molecule has 4 rings (SSSR count). The molecule has 0 aliphatic carbocycles. The molecule has 43 heavy (non-hydrogen) atoms. The van der Waals surface area contributed by atoms with Crippen molar-refractivity contribution in [1.82, 2.24) is 10.2 Å². The fourth-order valence-corrected chi connectivity index (χ4v) is 6.42. The first kappa shape index (κ1) is 32.1. The number of halogens is 2. The SMILES string of the molecule is CCCNC(=O)[C@@H](Cc1ccccc1)N(Cc1ccccc1Cl)C(=O)CN(c1cccc(Cl)c1)S(=O)(=O)c1ccccc1. The highest BCUT2D eigenvalue weighted by atomic mass is 35.5. The Kier molecular flexibility index (Phi) is 11.2. The van der Waals surface area contributed by atoms with Crippen LogP contribution in [0.3, 0.4) is 0 Å². The van der Waals surface area contributed by atoms with Crippen LogP contribution >= 0.6 is 23.2 Å². The number of rotatable bonds is 13. The summed E-state index contributed by atoms with van der Waals surface area (Å²) in [5, 5.41) is 3.66. The highest BCUT2D eigenvalue weighted by Gasteiger charge is 2.34. The molecule has 10 heteroatoms. The predicted molar refractivity (Wildman–Crippen MR) is 172 cm³/mol. The maximum absolute atomic E-state index is 14.4. The van der Waals surface area contributed by atoms with Crippen molar-refractivity contribution >= 4 is 50.7 Å². The number of nitrogens with one attached hydrogen (secondary N) is 1. The zero-order valence-corrected chi connectivity index (χ0v) is 26.0. The first-order chi connectivity index (χ1) is 20.7. The standard InChI is InChI=1S/C33H33Cl2N3O4S/c1-2-20-36-33(40)31(21-25-12-5-3-6-13-25)37(23-26-14-9-10-19-30(26)35)32(39)24-38(28-16-11-15-27(34)22-28)43(41,42)29-17-7-4-8-18-29/h3-19,22,31H,2,20-21,23-24H2,1H3,(H,36,40)/t31-/m1/s1. The highest BCUT2D eigenvalue weighted by Crippen LogP contribution is 2.27. The number of nitrogens with zero attached hydrogens (tertiary/aromatic N) is 2. The molecule has 0 aliphatic rings. The quantitative estimate of drug-likeness (QED) is 0.185. The number of carbonyl (C=O) groups is 2. The third kappa shape index (κ3) is 8.38. The van der Waals surface area contributed by atoms with Gasteiger partial charge in [-0.25, -0.2) is 8.42 Å². The van der Waals surface area contributed by atoms with Gasteiger partial charge in [-0.2, -0.15) is 0 Å². The normalized spacial score (nSPS) is 11.9. The average Bonchev–Trinajstić information content (AvgIpc) is 3.02. The van der Waals surface area contributed by atoms with Crippen LogP contribution in [0.1, 0.15) is 24.5 Å². The van der Waals surface area contributed by atoms with Crippen LogP contribution in [0.25, 0.3) is 0 Å². The maximum atomic E-state index is 14.4. The van der Waals surface area contributed by atoms with E-state index in [9.17, 15) is 18.0 Å². The minimum absolute atomic E-state index is 0.00960. The van der Waals surface area contributed by atoms with E-state index in [0.29, 0.717) is 28.6 Å². The molecule has 0 aliphatic heterocycles.